The number of hydrogen-bond donors (Lipinski definition) is 1. The van der Waals surface area contributed by atoms with E-state index < -0.39 is 11.9 Å². The molecule has 1 aliphatic rings. The number of morpholine rings is 1. The Kier molecular flexibility index (Phi) is 7.35. The highest BCUT2D eigenvalue weighted by Gasteiger charge is 2.21. The number of ether oxygens (including phenoxy) is 2. The Hall–Kier alpha value is -3.14. The Morgan fingerprint density at radius 2 is 2.06 bits per heavy atom. The number of aromatic nitrogens is 2. The monoisotopic (exact) mass is 482 g/mol. The highest BCUT2D eigenvalue weighted by molar-refractivity contribution is 7.23. The molecule has 1 unspecified atom stereocenters. The Morgan fingerprint density at radius 3 is 2.76 bits per heavy atom. The molecule has 0 spiro atoms. The molecule has 0 aliphatic carbocycles. The van der Waals surface area contributed by atoms with Gasteiger partial charge in [0.1, 0.15) is 18.2 Å². The number of hydrogen-bond acceptors (Lipinski definition) is 8. The number of halogens is 1. The summed E-state index contributed by atoms with van der Waals surface area (Å²) in [6.45, 7) is 9.97. The number of methoxy groups -OCH3 is 1. The molecule has 9 heteroatoms. The molecular weight excluding hydrogens is 455 g/mol. The van der Waals surface area contributed by atoms with Gasteiger partial charge >= 0.3 is 0 Å². The molecule has 3 heterocycles. The van der Waals surface area contributed by atoms with Gasteiger partial charge < -0.3 is 19.5 Å². The van der Waals surface area contributed by atoms with Crippen LogP contribution in [-0.2, 0) is 9.47 Å². The summed E-state index contributed by atoms with van der Waals surface area (Å²) < 4.78 is 26.5. The number of thiophene rings is 1. The average molecular weight is 483 g/mol. The first kappa shape index (κ1) is 24.0. The fraction of sp³-hybridized carbons (Fsp3) is 0.320. The van der Waals surface area contributed by atoms with Gasteiger partial charge in [-0.15, -0.1) is 11.3 Å². The molecule has 1 saturated heterocycles. The van der Waals surface area contributed by atoms with Crippen LogP contribution in [0.1, 0.15) is 24.2 Å². The minimum Gasteiger partial charge on any atom is -0.481 e. The number of nitrogens with zero attached hydrogens (tertiary/aromatic N) is 4. The van der Waals surface area contributed by atoms with E-state index in [9.17, 15) is 5.11 Å². The van der Waals surface area contributed by atoms with Crippen LogP contribution >= 0.6 is 11.3 Å². The molecule has 7 nitrogen and oxygen atoms in total. The Labute approximate surface area is 201 Å². The van der Waals surface area contributed by atoms with E-state index in [0.29, 0.717) is 47.1 Å². The number of aliphatic imine (C=N–C) groups is 1. The van der Waals surface area contributed by atoms with Gasteiger partial charge in [-0.05, 0) is 55.5 Å². The minimum absolute atomic E-state index is 0.330. The summed E-state index contributed by atoms with van der Waals surface area (Å²) in [7, 11) is 1.49. The van der Waals surface area contributed by atoms with Crippen molar-refractivity contribution >= 4 is 33.3 Å². The van der Waals surface area contributed by atoms with E-state index in [-0.39, 0.29) is 0 Å². The largest absolute Gasteiger partial charge is 0.481 e. The van der Waals surface area contributed by atoms with Crippen LogP contribution in [-0.4, -0.2) is 55.2 Å². The Bertz CT molecular complexity index is 1260. The van der Waals surface area contributed by atoms with Crippen LogP contribution in [0.5, 0.6) is 0 Å². The van der Waals surface area contributed by atoms with Crippen molar-refractivity contribution in [2.75, 3.05) is 38.3 Å². The molecule has 4 rings (SSSR count). The SMILES string of the molecule is C=N/C(=C\C=C(/C)C(O)c1cc(-c2ncnc3cc(N4CCOCC4)sc23)c(F)cc1C)OC. The van der Waals surface area contributed by atoms with Gasteiger partial charge in [0.15, 0.2) is 0 Å². The van der Waals surface area contributed by atoms with E-state index in [1.54, 1.807) is 43.4 Å². The quantitative estimate of drug-likeness (QED) is 0.296. The van der Waals surface area contributed by atoms with Crippen molar-refractivity contribution in [2.24, 2.45) is 4.99 Å². The first-order valence-electron chi connectivity index (χ1n) is 10.9. The van der Waals surface area contributed by atoms with Crippen LogP contribution in [0.4, 0.5) is 9.39 Å². The molecule has 1 N–H and O–H groups in total. The van der Waals surface area contributed by atoms with E-state index in [2.05, 4.69) is 26.6 Å². The maximum atomic E-state index is 15.2. The molecule has 0 saturated carbocycles. The van der Waals surface area contributed by atoms with Gasteiger partial charge in [0, 0.05) is 24.7 Å². The smallest absolute Gasteiger partial charge is 0.212 e. The third-order valence-electron chi connectivity index (χ3n) is 5.81. The summed E-state index contributed by atoms with van der Waals surface area (Å²) in [6, 6.07) is 5.13. The highest BCUT2D eigenvalue weighted by Crippen LogP contribution is 2.39. The topological polar surface area (TPSA) is 80.1 Å². The fourth-order valence-corrected chi connectivity index (χ4v) is 5.03. The van der Waals surface area contributed by atoms with E-state index in [0.717, 1.165) is 28.3 Å². The number of fused-ring (bicyclic) bond motifs is 1. The van der Waals surface area contributed by atoms with Gasteiger partial charge in [0.25, 0.3) is 0 Å². The van der Waals surface area contributed by atoms with Crippen LogP contribution in [0.15, 0.2) is 53.1 Å². The summed E-state index contributed by atoms with van der Waals surface area (Å²) in [5.41, 5.74) is 3.50. The lowest BCUT2D eigenvalue weighted by Gasteiger charge is -2.27. The molecule has 3 aromatic rings. The Balaban J connectivity index is 1.75. The standard InChI is InChI=1S/C25H27FN4O3S/c1-15(5-6-21(27-3)32-4)24(31)17-12-18(19(26)11-16(17)2)23-25-20(28-14-29-23)13-22(34-25)30-7-9-33-10-8-30/h5-6,11-14,24,31H,3,7-10H2,1-2,4H3/b15-5+,21-6+. The average Bonchev–Trinajstić information content (AvgIpc) is 3.30. The molecule has 34 heavy (non-hydrogen) atoms. The zero-order valence-electron chi connectivity index (χ0n) is 19.4. The predicted molar refractivity (Wildman–Crippen MR) is 134 cm³/mol. The number of anilines is 1. The van der Waals surface area contributed by atoms with Crippen molar-refractivity contribution in [3.63, 3.8) is 0 Å². The number of aryl methyl sites for hydroxylation is 1. The molecule has 1 aromatic carbocycles. The normalized spacial score (nSPS) is 16.1. The second-order valence-corrected chi connectivity index (χ2v) is 9.02. The maximum absolute atomic E-state index is 15.2. The lowest BCUT2D eigenvalue weighted by molar-refractivity contribution is 0.123. The van der Waals surface area contributed by atoms with Crippen LogP contribution in [0.2, 0.25) is 0 Å². The van der Waals surface area contributed by atoms with Gasteiger partial charge in [-0.2, -0.15) is 0 Å². The van der Waals surface area contributed by atoms with Crippen molar-refractivity contribution in [1.29, 1.82) is 0 Å². The lowest BCUT2D eigenvalue weighted by atomic mass is 9.94. The second kappa shape index (κ2) is 10.4. The number of rotatable bonds is 7. The summed E-state index contributed by atoms with van der Waals surface area (Å²) >= 11 is 1.54. The first-order valence-corrected chi connectivity index (χ1v) is 11.7. The van der Waals surface area contributed by atoms with Crippen LogP contribution in [0, 0.1) is 12.7 Å². The molecule has 2 aromatic heterocycles. The third kappa shape index (κ3) is 4.86. The summed E-state index contributed by atoms with van der Waals surface area (Å²) in [4.78, 5) is 14.8. The van der Waals surface area contributed by atoms with E-state index >= 15 is 4.39 Å². The van der Waals surface area contributed by atoms with E-state index in [1.807, 2.05) is 6.07 Å². The van der Waals surface area contributed by atoms with Crippen molar-refractivity contribution in [2.45, 2.75) is 20.0 Å². The van der Waals surface area contributed by atoms with Gasteiger partial charge in [0.05, 0.1) is 41.2 Å². The molecule has 1 atom stereocenters. The van der Waals surface area contributed by atoms with Gasteiger partial charge in [-0.1, -0.05) is 6.08 Å². The van der Waals surface area contributed by atoms with Crippen molar-refractivity contribution in [3.8, 4) is 11.3 Å². The molecule has 0 amide bonds. The summed E-state index contributed by atoms with van der Waals surface area (Å²) in [5, 5.41) is 12.1. The van der Waals surface area contributed by atoms with Gasteiger partial charge in [-0.25, -0.2) is 19.4 Å². The van der Waals surface area contributed by atoms with Crippen molar-refractivity contribution < 1.29 is 19.0 Å². The number of benzene rings is 1. The Morgan fingerprint density at radius 1 is 1.29 bits per heavy atom. The fourth-order valence-electron chi connectivity index (χ4n) is 3.86. The molecule has 0 radical (unpaired) electrons. The number of aliphatic hydroxyl groups is 1. The van der Waals surface area contributed by atoms with Crippen molar-refractivity contribution in [3.05, 3.63) is 65.1 Å². The summed E-state index contributed by atoms with van der Waals surface area (Å²) in [5.74, 6) is -0.0611. The minimum atomic E-state index is -0.942. The van der Waals surface area contributed by atoms with E-state index in [1.165, 1.54) is 19.5 Å². The third-order valence-corrected chi connectivity index (χ3v) is 7.00. The zero-order valence-corrected chi connectivity index (χ0v) is 20.2. The lowest BCUT2D eigenvalue weighted by Crippen LogP contribution is -2.35. The molecule has 1 fully saturated rings. The van der Waals surface area contributed by atoms with Crippen LogP contribution in [0.3, 0.4) is 0 Å². The van der Waals surface area contributed by atoms with Gasteiger partial charge in [-0.3, -0.25) is 0 Å². The van der Waals surface area contributed by atoms with Crippen LogP contribution in [0.25, 0.3) is 21.5 Å². The van der Waals surface area contributed by atoms with Gasteiger partial charge in [0.2, 0.25) is 5.88 Å². The molecule has 178 valence electrons. The predicted octanol–water partition coefficient (Wildman–Crippen LogP) is 4.81. The second-order valence-electron chi connectivity index (χ2n) is 7.99. The maximum Gasteiger partial charge on any atom is 0.212 e. The molecule has 1 aliphatic heterocycles. The van der Waals surface area contributed by atoms with Crippen LogP contribution < -0.4 is 4.90 Å². The van der Waals surface area contributed by atoms with E-state index in [4.69, 9.17) is 9.47 Å². The zero-order chi connectivity index (χ0) is 24.2. The number of aliphatic hydroxyl groups excluding tert-OH is 1. The molecular formula is C25H27FN4O3S. The van der Waals surface area contributed by atoms with Crippen molar-refractivity contribution in [1.82, 2.24) is 9.97 Å². The first-order chi connectivity index (χ1) is 16.4. The number of allylic oxidation sites excluding steroid dienone is 2. The molecule has 0 bridgehead atoms. The summed E-state index contributed by atoms with van der Waals surface area (Å²) in [6.07, 6.45) is 3.84. The highest BCUT2D eigenvalue weighted by atomic mass is 32.1.